The van der Waals surface area contributed by atoms with Crippen molar-refractivity contribution in [3.8, 4) is 0 Å². The SMILES string of the molecule is COCCN1CCN(c2nc(C(C)C)ns2)CC1. The van der Waals surface area contributed by atoms with Gasteiger partial charge < -0.3 is 9.64 Å². The Labute approximate surface area is 113 Å². The minimum absolute atomic E-state index is 0.415. The van der Waals surface area contributed by atoms with Gasteiger partial charge in [0.15, 0.2) is 0 Å². The summed E-state index contributed by atoms with van der Waals surface area (Å²) in [5, 5.41) is 1.07. The Balaban J connectivity index is 1.85. The van der Waals surface area contributed by atoms with E-state index in [1.165, 1.54) is 11.5 Å². The smallest absolute Gasteiger partial charge is 0.205 e. The predicted molar refractivity (Wildman–Crippen MR) is 74.5 cm³/mol. The molecule has 2 heterocycles. The van der Waals surface area contributed by atoms with Crippen molar-refractivity contribution in [3.05, 3.63) is 5.82 Å². The van der Waals surface area contributed by atoms with Gasteiger partial charge in [-0.05, 0) is 0 Å². The number of aromatic nitrogens is 2. The van der Waals surface area contributed by atoms with E-state index in [1.807, 2.05) is 0 Å². The fourth-order valence-electron chi connectivity index (χ4n) is 1.97. The highest BCUT2D eigenvalue weighted by Crippen LogP contribution is 2.22. The lowest BCUT2D eigenvalue weighted by Gasteiger charge is -2.34. The molecule has 1 fully saturated rings. The van der Waals surface area contributed by atoms with Gasteiger partial charge in [0.2, 0.25) is 5.13 Å². The van der Waals surface area contributed by atoms with Crippen LogP contribution < -0.4 is 4.90 Å². The van der Waals surface area contributed by atoms with E-state index in [4.69, 9.17) is 4.74 Å². The summed E-state index contributed by atoms with van der Waals surface area (Å²) in [5.41, 5.74) is 0. The first-order valence-electron chi connectivity index (χ1n) is 6.50. The highest BCUT2D eigenvalue weighted by Gasteiger charge is 2.20. The van der Waals surface area contributed by atoms with Crippen LogP contribution in [0.1, 0.15) is 25.6 Å². The maximum absolute atomic E-state index is 5.11. The quantitative estimate of drug-likeness (QED) is 0.809. The van der Waals surface area contributed by atoms with Crippen molar-refractivity contribution in [1.29, 1.82) is 0 Å². The Bertz CT molecular complexity index is 361. The predicted octanol–water partition coefficient (Wildman–Crippen LogP) is 1.43. The average molecular weight is 270 g/mol. The van der Waals surface area contributed by atoms with Gasteiger partial charge in [0.05, 0.1) is 6.61 Å². The van der Waals surface area contributed by atoms with Crippen LogP contribution in [0.25, 0.3) is 0 Å². The summed E-state index contributed by atoms with van der Waals surface area (Å²) in [5.74, 6) is 1.38. The fourth-order valence-corrected chi connectivity index (χ4v) is 2.83. The first kappa shape index (κ1) is 13.7. The number of hydrogen-bond acceptors (Lipinski definition) is 6. The third-order valence-electron chi connectivity index (χ3n) is 3.20. The molecule has 1 aliphatic rings. The summed E-state index contributed by atoms with van der Waals surface area (Å²) >= 11 is 1.53. The van der Waals surface area contributed by atoms with E-state index in [1.54, 1.807) is 7.11 Å². The first-order valence-corrected chi connectivity index (χ1v) is 7.28. The lowest BCUT2D eigenvalue weighted by Crippen LogP contribution is -2.47. The molecular formula is C12H22N4OS. The van der Waals surface area contributed by atoms with Crippen LogP contribution in [0.4, 0.5) is 5.13 Å². The van der Waals surface area contributed by atoms with Crippen LogP contribution in [0, 0.1) is 0 Å². The van der Waals surface area contributed by atoms with Crippen molar-refractivity contribution < 1.29 is 4.74 Å². The van der Waals surface area contributed by atoms with E-state index in [9.17, 15) is 0 Å². The van der Waals surface area contributed by atoms with Crippen LogP contribution in [0.2, 0.25) is 0 Å². The molecule has 0 amide bonds. The molecule has 1 aromatic heterocycles. The second kappa shape index (κ2) is 6.45. The lowest BCUT2D eigenvalue weighted by molar-refractivity contribution is 0.144. The van der Waals surface area contributed by atoms with Crippen LogP contribution in [0.15, 0.2) is 0 Å². The van der Waals surface area contributed by atoms with Gasteiger partial charge >= 0.3 is 0 Å². The van der Waals surface area contributed by atoms with Gasteiger partial charge in [0.25, 0.3) is 0 Å². The normalized spacial score (nSPS) is 17.7. The molecule has 0 aliphatic carbocycles. The molecule has 0 N–H and O–H groups in total. The molecule has 1 aromatic rings. The first-order chi connectivity index (χ1) is 8.70. The van der Waals surface area contributed by atoms with Crippen molar-refractivity contribution in [2.75, 3.05) is 51.3 Å². The molecule has 0 radical (unpaired) electrons. The van der Waals surface area contributed by atoms with Crippen LogP contribution in [-0.2, 0) is 4.74 Å². The van der Waals surface area contributed by atoms with Crippen LogP contribution in [-0.4, -0.2) is 60.7 Å². The number of ether oxygens (including phenoxy) is 1. The fraction of sp³-hybridized carbons (Fsp3) is 0.833. The van der Waals surface area contributed by atoms with Gasteiger partial charge in [-0.2, -0.15) is 4.37 Å². The van der Waals surface area contributed by atoms with E-state index in [2.05, 4.69) is 33.0 Å². The Hall–Kier alpha value is -0.720. The summed E-state index contributed by atoms with van der Waals surface area (Å²) in [6, 6.07) is 0. The molecule has 0 atom stereocenters. The van der Waals surface area contributed by atoms with E-state index in [0.29, 0.717) is 5.92 Å². The third kappa shape index (κ3) is 3.40. The summed E-state index contributed by atoms with van der Waals surface area (Å²) in [4.78, 5) is 9.39. The molecule has 1 aliphatic heterocycles. The zero-order chi connectivity index (χ0) is 13.0. The summed E-state index contributed by atoms with van der Waals surface area (Å²) in [6.45, 7) is 10.4. The molecule has 0 saturated carbocycles. The van der Waals surface area contributed by atoms with Crippen molar-refractivity contribution in [2.45, 2.75) is 19.8 Å². The molecule has 2 rings (SSSR count). The van der Waals surface area contributed by atoms with E-state index in [0.717, 1.165) is 50.3 Å². The number of rotatable bonds is 5. The number of piperazine rings is 1. The standard InChI is InChI=1S/C12H22N4OS/c1-10(2)11-13-12(18-14-11)16-6-4-15(5-7-16)8-9-17-3/h10H,4-9H2,1-3H3. The Kier molecular flexibility index (Phi) is 4.91. The zero-order valence-corrected chi connectivity index (χ0v) is 12.2. The maximum Gasteiger partial charge on any atom is 0.205 e. The average Bonchev–Trinajstić information content (AvgIpc) is 2.87. The highest BCUT2D eigenvalue weighted by molar-refractivity contribution is 7.09. The molecule has 1 saturated heterocycles. The van der Waals surface area contributed by atoms with E-state index < -0.39 is 0 Å². The van der Waals surface area contributed by atoms with Crippen molar-refractivity contribution in [1.82, 2.24) is 14.3 Å². The molecular weight excluding hydrogens is 248 g/mol. The van der Waals surface area contributed by atoms with E-state index in [-0.39, 0.29) is 0 Å². The van der Waals surface area contributed by atoms with Crippen molar-refractivity contribution in [2.24, 2.45) is 0 Å². The van der Waals surface area contributed by atoms with Gasteiger partial charge in [-0.25, -0.2) is 4.98 Å². The zero-order valence-electron chi connectivity index (χ0n) is 11.4. The lowest BCUT2D eigenvalue weighted by atomic mass is 10.2. The molecule has 0 spiro atoms. The minimum atomic E-state index is 0.415. The molecule has 0 aromatic carbocycles. The Morgan fingerprint density at radius 3 is 2.56 bits per heavy atom. The van der Waals surface area contributed by atoms with Crippen LogP contribution in [0.3, 0.4) is 0 Å². The molecule has 102 valence electrons. The van der Waals surface area contributed by atoms with Crippen LogP contribution >= 0.6 is 11.5 Å². The number of anilines is 1. The number of hydrogen-bond donors (Lipinski definition) is 0. The number of nitrogens with zero attached hydrogens (tertiary/aromatic N) is 4. The molecule has 0 unspecified atom stereocenters. The topological polar surface area (TPSA) is 41.5 Å². The summed E-state index contributed by atoms with van der Waals surface area (Å²) < 4.78 is 9.52. The van der Waals surface area contributed by atoms with Crippen molar-refractivity contribution in [3.63, 3.8) is 0 Å². The van der Waals surface area contributed by atoms with Crippen LogP contribution in [0.5, 0.6) is 0 Å². The summed E-state index contributed by atoms with van der Waals surface area (Å²) in [7, 11) is 1.75. The molecule has 0 bridgehead atoms. The van der Waals surface area contributed by atoms with Gasteiger partial charge in [0, 0.05) is 57.3 Å². The van der Waals surface area contributed by atoms with Gasteiger partial charge in [-0.1, -0.05) is 13.8 Å². The second-order valence-electron chi connectivity index (χ2n) is 4.91. The Morgan fingerprint density at radius 2 is 2.00 bits per heavy atom. The minimum Gasteiger partial charge on any atom is -0.383 e. The third-order valence-corrected chi connectivity index (χ3v) is 3.99. The Morgan fingerprint density at radius 1 is 1.28 bits per heavy atom. The highest BCUT2D eigenvalue weighted by atomic mass is 32.1. The largest absolute Gasteiger partial charge is 0.383 e. The second-order valence-corrected chi connectivity index (χ2v) is 5.64. The van der Waals surface area contributed by atoms with Gasteiger partial charge in [-0.3, -0.25) is 4.90 Å². The monoisotopic (exact) mass is 270 g/mol. The number of methoxy groups -OCH3 is 1. The molecule has 5 nitrogen and oxygen atoms in total. The van der Waals surface area contributed by atoms with Gasteiger partial charge in [0.1, 0.15) is 5.82 Å². The van der Waals surface area contributed by atoms with E-state index >= 15 is 0 Å². The molecule has 18 heavy (non-hydrogen) atoms. The van der Waals surface area contributed by atoms with Crippen molar-refractivity contribution >= 4 is 16.7 Å². The molecule has 6 heteroatoms. The summed E-state index contributed by atoms with van der Waals surface area (Å²) in [6.07, 6.45) is 0. The van der Waals surface area contributed by atoms with Gasteiger partial charge in [-0.15, -0.1) is 0 Å². The maximum atomic E-state index is 5.11.